The zero-order valence-electron chi connectivity index (χ0n) is 6.72. The van der Waals surface area contributed by atoms with Crippen LogP contribution in [0.25, 0.3) is 0 Å². The number of hydrogen-bond acceptors (Lipinski definition) is 2. The minimum atomic E-state index is -1.27. The molecule has 0 saturated carbocycles. The Morgan fingerprint density at radius 2 is 1.82 bits per heavy atom. The summed E-state index contributed by atoms with van der Waals surface area (Å²) in [6, 6.07) is 0. The number of carboxylic acid groups (broad SMARTS) is 1. The average molecular weight is 270 g/mol. The monoisotopic (exact) mass is 270 g/mol. The van der Waals surface area contributed by atoms with E-state index in [0.29, 0.717) is 0 Å². The largest absolute Gasteiger partial charge is 0.480 e. The van der Waals surface area contributed by atoms with Gasteiger partial charge in [0.1, 0.15) is 0 Å². The first-order chi connectivity index (χ1) is 4.80. The van der Waals surface area contributed by atoms with Gasteiger partial charge in [0.15, 0.2) is 9.20 Å². The molecule has 0 spiro atoms. The molecule has 1 unspecified atom stereocenters. The van der Waals surface area contributed by atoms with Crippen LogP contribution >= 0.6 is 22.6 Å². The Morgan fingerprint density at radius 3 is 1.91 bits per heavy atom. The zero-order chi connectivity index (χ0) is 9.23. The standard InChI is InChI=1S/C7H11IO3/c1-4(2)5(9)7(3,8)6(10)11/h4H,1-3H3,(H,10,11). The third-order valence-corrected chi connectivity index (χ3v) is 2.38. The topological polar surface area (TPSA) is 54.4 Å². The lowest BCUT2D eigenvalue weighted by atomic mass is 9.97. The normalized spacial score (nSPS) is 16.1. The van der Waals surface area contributed by atoms with Gasteiger partial charge in [0.25, 0.3) is 0 Å². The van der Waals surface area contributed by atoms with E-state index in [9.17, 15) is 9.59 Å². The lowest BCUT2D eigenvalue weighted by Gasteiger charge is -2.17. The summed E-state index contributed by atoms with van der Waals surface area (Å²) < 4.78 is -1.27. The molecule has 1 atom stereocenters. The summed E-state index contributed by atoms with van der Waals surface area (Å²) in [6.45, 7) is 4.81. The molecule has 11 heavy (non-hydrogen) atoms. The van der Waals surface area contributed by atoms with Crippen molar-refractivity contribution in [2.24, 2.45) is 5.92 Å². The Kier molecular flexibility index (Phi) is 3.47. The second-order valence-corrected chi connectivity index (χ2v) is 4.98. The molecule has 0 aromatic rings. The van der Waals surface area contributed by atoms with Gasteiger partial charge in [-0.3, -0.25) is 9.59 Å². The molecule has 0 aliphatic heterocycles. The summed E-state index contributed by atoms with van der Waals surface area (Å²) >= 11 is 1.66. The summed E-state index contributed by atoms with van der Waals surface area (Å²) in [7, 11) is 0. The highest BCUT2D eigenvalue weighted by Crippen LogP contribution is 2.23. The van der Waals surface area contributed by atoms with E-state index in [1.165, 1.54) is 6.92 Å². The number of alkyl halides is 1. The zero-order valence-corrected chi connectivity index (χ0v) is 8.88. The van der Waals surface area contributed by atoms with E-state index in [1.54, 1.807) is 36.4 Å². The van der Waals surface area contributed by atoms with Gasteiger partial charge >= 0.3 is 5.97 Å². The number of hydrogen-bond donors (Lipinski definition) is 1. The highest BCUT2D eigenvalue weighted by atomic mass is 127. The molecule has 0 aromatic carbocycles. The van der Waals surface area contributed by atoms with Gasteiger partial charge in [-0.25, -0.2) is 0 Å². The van der Waals surface area contributed by atoms with Crippen LogP contribution in [0.2, 0.25) is 0 Å². The Bertz CT molecular complexity index is 184. The van der Waals surface area contributed by atoms with Crippen molar-refractivity contribution in [1.29, 1.82) is 0 Å². The van der Waals surface area contributed by atoms with Gasteiger partial charge in [0.2, 0.25) is 0 Å². The van der Waals surface area contributed by atoms with E-state index in [2.05, 4.69) is 0 Å². The van der Waals surface area contributed by atoms with E-state index in [4.69, 9.17) is 5.11 Å². The van der Waals surface area contributed by atoms with Gasteiger partial charge in [-0.2, -0.15) is 0 Å². The van der Waals surface area contributed by atoms with Gasteiger partial charge in [0.05, 0.1) is 0 Å². The smallest absolute Gasteiger partial charge is 0.326 e. The minimum Gasteiger partial charge on any atom is -0.480 e. The Balaban J connectivity index is 4.56. The lowest BCUT2D eigenvalue weighted by Crippen LogP contribution is -2.39. The fourth-order valence-electron chi connectivity index (χ4n) is 0.648. The van der Waals surface area contributed by atoms with E-state index >= 15 is 0 Å². The highest BCUT2D eigenvalue weighted by molar-refractivity contribution is 14.1. The van der Waals surface area contributed by atoms with Crippen LogP contribution in [0.4, 0.5) is 0 Å². The van der Waals surface area contributed by atoms with E-state index in [1.807, 2.05) is 0 Å². The maximum Gasteiger partial charge on any atom is 0.326 e. The Labute approximate surface area is 79.3 Å². The molecule has 0 radical (unpaired) electrons. The number of carboxylic acids is 1. The van der Waals surface area contributed by atoms with Crippen LogP contribution in [0.1, 0.15) is 20.8 Å². The van der Waals surface area contributed by atoms with Crippen molar-refractivity contribution in [3.8, 4) is 0 Å². The first-order valence-corrected chi connectivity index (χ1v) is 4.34. The number of carbonyl (C=O) groups is 2. The molecule has 0 rings (SSSR count). The first-order valence-electron chi connectivity index (χ1n) is 3.26. The third kappa shape index (κ3) is 2.43. The van der Waals surface area contributed by atoms with Crippen LogP contribution in [0, 0.1) is 5.92 Å². The molecular weight excluding hydrogens is 259 g/mol. The number of Topliss-reactive ketones (excluding diaryl/α,β-unsaturated/α-hetero) is 1. The number of aliphatic carboxylic acids is 1. The van der Waals surface area contributed by atoms with E-state index < -0.39 is 9.39 Å². The molecule has 1 N–H and O–H groups in total. The molecule has 0 aromatic heterocycles. The van der Waals surface area contributed by atoms with Gasteiger partial charge in [-0.05, 0) is 6.92 Å². The van der Waals surface area contributed by atoms with Gasteiger partial charge in [0, 0.05) is 5.92 Å². The second kappa shape index (κ2) is 3.51. The van der Waals surface area contributed by atoms with Crippen molar-refractivity contribution in [3.63, 3.8) is 0 Å². The van der Waals surface area contributed by atoms with Gasteiger partial charge in [-0.1, -0.05) is 36.4 Å². The van der Waals surface area contributed by atoms with Crippen molar-refractivity contribution in [3.05, 3.63) is 0 Å². The molecule has 0 fully saturated rings. The Morgan fingerprint density at radius 1 is 1.45 bits per heavy atom. The fraction of sp³-hybridized carbons (Fsp3) is 0.714. The van der Waals surface area contributed by atoms with Crippen LogP contribution < -0.4 is 0 Å². The maximum absolute atomic E-state index is 11.2. The predicted molar refractivity (Wildman–Crippen MR) is 49.9 cm³/mol. The highest BCUT2D eigenvalue weighted by Gasteiger charge is 2.39. The van der Waals surface area contributed by atoms with Crippen LogP contribution in [0.5, 0.6) is 0 Å². The number of ketones is 1. The van der Waals surface area contributed by atoms with Gasteiger partial charge in [-0.15, -0.1) is 0 Å². The summed E-state index contributed by atoms with van der Waals surface area (Å²) in [6.07, 6.45) is 0. The molecule has 0 aliphatic rings. The predicted octanol–water partition coefficient (Wildman–Crippen LogP) is 1.49. The summed E-state index contributed by atoms with van der Waals surface area (Å²) in [5.41, 5.74) is 0. The molecule has 0 bridgehead atoms. The van der Waals surface area contributed by atoms with Crippen LogP contribution in [0.3, 0.4) is 0 Å². The summed E-state index contributed by atoms with van der Waals surface area (Å²) in [5, 5.41) is 8.63. The quantitative estimate of drug-likeness (QED) is 0.480. The second-order valence-electron chi connectivity index (χ2n) is 2.83. The summed E-state index contributed by atoms with van der Waals surface area (Å²) in [4.78, 5) is 21.8. The molecule has 4 heteroatoms. The maximum atomic E-state index is 11.2. The van der Waals surface area contributed by atoms with Crippen LogP contribution in [-0.2, 0) is 9.59 Å². The molecule has 0 saturated heterocycles. The Hall–Kier alpha value is -0.130. The molecule has 0 amide bonds. The molecule has 64 valence electrons. The van der Waals surface area contributed by atoms with Crippen molar-refractivity contribution >= 4 is 34.3 Å². The van der Waals surface area contributed by atoms with Crippen molar-refractivity contribution in [2.45, 2.75) is 24.2 Å². The fourth-order valence-corrected chi connectivity index (χ4v) is 1.27. The number of halogens is 1. The van der Waals surface area contributed by atoms with Crippen LogP contribution in [-0.4, -0.2) is 20.3 Å². The van der Waals surface area contributed by atoms with Crippen molar-refractivity contribution in [1.82, 2.24) is 0 Å². The van der Waals surface area contributed by atoms with E-state index in [0.717, 1.165) is 0 Å². The van der Waals surface area contributed by atoms with Crippen molar-refractivity contribution in [2.75, 3.05) is 0 Å². The van der Waals surface area contributed by atoms with Crippen LogP contribution in [0.15, 0.2) is 0 Å². The molecule has 0 heterocycles. The average Bonchev–Trinajstić information content (AvgIpc) is 1.85. The molecule has 3 nitrogen and oxygen atoms in total. The third-order valence-electron chi connectivity index (χ3n) is 1.39. The minimum absolute atomic E-state index is 0.229. The molecule has 0 aliphatic carbocycles. The lowest BCUT2D eigenvalue weighted by molar-refractivity contribution is -0.143. The van der Waals surface area contributed by atoms with E-state index in [-0.39, 0.29) is 11.7 Å². The first kappa shape index (κ1) is 10.9. The number of rotatable bonds is 3. The summed E-state index contributed by atoms with van der Waals surface area (Å²) in [5.74, 6) is -1.55. The number of carbonyl (C=O) groups excluding carboxylic acids is 1. The van der Waals surface area contributed by atoms with Crippen molar-refractivity contribution < 1.29 is 14.7 Å². The van der Waals surface area contributed by atoms with Gasteiger partial charge < -0.3 is 5.11 Å². The SMILES string of the molecule is CC(C)C(=O)C(C)(I)C(=O)O. The molecular formula is C7H11IO3.